The first-order valence-electron chi connectivity index (χ1n) is 12.6. The van der Waals surface area contributed by atoms with Crippen molar-refractivity contribution < 1.29 is 24.2 Å². The summed E-state index contributed by atoms with van der Waals surface area (Å²) in [6.07, 6.45) is 3.03. The Kier molecular flexibility index (Phi) is 8.06. The smallest absolute Gasteiger partial charge is 0.407 e. The summed E-state index contributed by atoms with van der Waals surface area (Å²) in [6, 6.07) is 16.1. The van der Waals surface area contributed by atoms with E-state index in [9.17, 15) is 14.4 Å². The fourth-order valence-electron chi connectivity index (χ4n) is 5.30. The predicted molar refractivity (Wildman–Crippen MR) is 133 cm³/mol. The Hall–Kier alpha value is -3.35. The highest BCUT2D eigenvalue weighted by molar-refractivity contribution is 5.80. The van der Waals surface area contributed by atoms with E-state index in [1.54, 1.807) is 4.90 Å². The molecular formula is C28H34N2O5. The van der Waals surface area contributed by atoms with E-state index in [2.05, 4.69) is 36.5 Å². The number of likely N-dealkylation sites (tertiary alicyclic amines) is 1. The molecule has 0 radical (unpaired) electrons. The Labute approximate surface area is 206 Å². The molecule has 2 atom stereocenters. The van der Waals surface area contributed by atoms with Gasteiger partial charge in [-0.25, -0.2) is 4.79 Å². The van der Waals surface area contributed by atoms with Crippen molar-refractivity contribution in [3.63, 3.8) is 0 Å². The first-order chi connectivity index (χ1) is 17.0. The van der Waals surface area contributed by atoms with Gasteiger partial charge in [-0.1, -0.05) is 68.3 Å². The molecule has 1 saturated heterocycles. The fraction of sp³-hybridized carbons (Fsp3) is 0.464. The molecule has 2 aromatic carbocycles. The van der Waals surface area contributed by atoms with Crippen molar-refractivity contribution in [3.05, 3.63) is 59.7 Å². The van der Waals surface area contributed by atoms with Gasteiger partial charge in [-0.2, -0.15) is 0 Å². The number of nitrogens with one attached hydrogen (secondary N) is 1. The van der Waals surface area contributed by atoms with E-state index in [0.717, 1.165) is 24.0 Å². The standard InChI is InChI=1S/C28H34N2O5/c1-2-3-8-20(16-26(31)30-14-13-19(17-30)15-27(32)33)29-28(34)35-18-25-23-11-6-4-9-21(23)22-10-5-7-12-24(22)25/h4-7,9-12,19-20,25H,2-3,8,13-18H2,1H3,(H,29,34)(H,32,33)/t19?,20-/m1/s1. The zero-order chi connectivity index (χ0) is 24.8. The molecule has 0 aromatic heterocycles. The van der Waals surface area contributed by atoms with Crippen molar-refractivity contribution in [1.82, 2.24) is 10.2 Å². The van der Waals surface area contributed by atoms with E-state index in [1.807, 2.05) is 24.3 Å². The van der Waals surface area contributed by atoms with Crippen LogP contribution in [0.2, 0.25) is 0 Å². The van der Waals surface area contributed by atoms with Gasteiger partial charge in [-0.05, 0) is 41.0 Å². The summed E-state index contributed by atoms with van der Waals surface area (Å²) in [5.74, 6) is -0.889. The second-order valence-electron chi connectivity index (χ2n) is 9.61. The average molecular weight is 479 g/mol. The minimum absolute atomic E-state index is 0.000586. The summed E-state index contributed by atoms with van der Waals surface area (Å²) >= 11 is 0. The number of carbonyl (C=O) groups excluding carboxylic acids is 2. The molecule has 1 unspecified atom stereocenters. The molecule has 35 heavy (non-hydrogen) atoms. The van der Waals surface area contributed by atoms with E-state index in [4.69, 9.17) is 9.84 Å². The van der Waals surface area contributed by atoms with Gasteiger partial charge >= 0.3 is 12.1 Å². The van der Waals surface area contributed by atoms with Crippen LogP contribution in [0.1, 0.15) is 62.5 Å². The van der Waals surface area contributed by atoms with Crippen molar-refractivity contribution in [2.24, 2.45) is 5.92 Å². The molecule has 0 saturated carbocycles. The Bertz CT molecular complexity index is 1020. The molecule has 2 N–H and O–H groups in total. The number of nitrogens with zero attached hydrogens (tertiary/aromatic N) is 1. The summed E-state index contributed by atoms with van der Waals surface area (Å²) in [5.41, 5.74) is 4.67. The third kappa shape index (κ3) is 6.02. The number of hydrogen-bond acceptors (Lipinski definition) is 4. The molecule has 1 fully saturated rings. The molecule has 0 spiro atoms. The molecule has 0 bridgehead atoms. The number of amides is 2. The number of carbonyl (C=O) groups is 3. The van der Waals surface area contributed by atoms with Crippen LogP contribution in [0.15, 0.2) is 48.5 Å². The molecular weight excluding hydrogens is 444 g/mol. The SMILES string of the molecule is CCCC[C@H](CC(=O)N1CCC(CC(=O)O)C1)NC(=O)OCC1c2ccccc2-c2ccccc21. The van der Waals surface area contributed by atoms with Crippen molar-refractivity contribution >= 4 is 18.0 Å². The largest absolute Gasteiger partial charge is 0.481 e. The van der Waals surface area contributed by atoms with Gasteiger partial charge in [0.2, 0.25) is 5.91 Å². The van der Waals surface area contributed by atoms with Gasteiger partial charge in [0.05, 0.1) is 0 Å². The van der Waals surface area contributed by atoms with E-state index in [1.165, 1.54) is 11.1 Å². The third-order valence-electron chi connectivity index (χ3n) is 7.09. The van der Waals surface area contributed by atoms with E-state index >= 15 is 0 Å². The second-order valence-corrected chi connectivity index (χ2v) is 9.61. The molecule has 1 aliphatic heterocycles. The van der Waals surface area contributed by atoms with Crippen molar-refractivity contribution in [2.45, 2.75) is 57.4 Å². The highest BCUT2D eigenvalue weighted by Crippen LogP contribution is 2.44. The van der Waals surface area contributed by atoms with Gasteiger partial charge in [-0.15, -0.1) is 0 Å². The Balaban J connectivity index is 1.34. The number of carboxylic acids is 1. The van der Waals surface area contributed by atoms with Crippen LogP contribution in [0.4, 0.5) is 4.79 Å². The van der Waals surface area contributed by atoms with Crippen molar-refractivity contribution in [2.75, 3.05) is 19.7 Å². The highest BCUT2D eigenvalue weighted by atomic mass is 16.5. The maximum atomic E-state index is 12.9. The zero-order valence-corrected chi connectivity index (χ0v) is 20.2. The molecule has 4 rings (SSSR count). The van der Waals surface area contributed by atoms with Crippen LogP contribution in [0.3, 0.4) is 0 Å². The number of fused-ring (bicyclic) bond motifs is 3. The lowest BCUT2D eigenvalue weighted by Crippen LogP contribution is -2.40. The number of unbranched alkanes of at least 4 members (excludes halogenated alkanes) is 1. The molecule has 7 heteroatoms. The molecule has 1 aliphatic carbocycles. The van der Waals surface area contributed by atoms with E-state index < -0.39 is 12.1 Å². The maximum absolute atomic E-state index is 12.9. The minimum atomic E-state index is -0.831. The molecule has 2 aliphatic rings. The quantitative estimate of drug-likeness (QED) is 0.512. The first-order valence-corrected chi connectivity index (χ1v) is 12.6. The Morgan fingerprint density at radius 1 is 1.09 bits per heavy atom. The van der Waals surface area contributed by atoms with Gasteiger partial charge in [0.25, 0.3) is 0 Å². The average Bonchev–Trinajstić information content (AvgIpc) is 3.43. The van der Waals surface area contributed by atoms with E-state index in [0.29, 0.717) is 25.9 Å². The minimum Gasteiger partial charge on any atom is -0.481 e. The number of ether oxygens (including phenoxy) is 1. The molecule has 186 valence electrons. The number of aliphatic carboxylic acids is 1. The van der Waals surface area contributed by atoms with Crippen LogP contribution in [0.25, 0.3) is 11.1 Å². The lowest BCUT2D eigenvalue weighted by Gasteiger charge is -2.23. The van der Waals surface area contributed by atoms with Gasteiger partial charge in [0, 0.05) is 37.9 Å². The number of alkyl carbamates (subject to hydrolysis) is 1. The summed E-state index contributed by atoms with van der Waals surface area (Å²) < 4.78 is 5.68. The van der Waals surface area contributed by atoms with Gasteiger partial charge in [0.1, 0.15) is 6.61 Å². The monoisotopic (exact) mass is 478 g/mol. The topological polar surface area (TPSA) is 95.9 Å². The van der Waals surface area contributed by atoms with Crippen LogP contribution in [0, 0.1) is 5.92 Å². The number of benzene rings is 2. The molecule has 2 aromatic rings. The Morgan fingerprint density at radius 3 is 2.37 bits per heavy atom. The third-order valence-corrected chi connectivity index (χ3v) is 7.09. The molecule has 2 amide bonds. The van der Waals surface area contributed by atoms with Crippen LogP contribution in [-0.4, -0.2) is 53.7 Å². The predicted octanol–water partition coefficient (Wildman–Crippen LogP) is 4.80. The molecule has 1 heterocycles. The fourth-order valence-corrected chi connectivity index (χ4v) is 5.30. The summed E-state index contributed by atoms with van der Waals surface area (Å²) in [4.78, 5) is 38.3. The van der Waals surface area contributed by atoms with Gasteiger partial charge in [-0.3, -0.25) is 9.59 Å². The lowest BCUT2D eigenvalue weighted by atomic mass is 9.98. The summed E-state index contributed by atoms with van der Waals surface area (Å²) in [7, 11) is 0. The van der Waals surface area contributed by atoms with Crippen LogP contribution < -0.4 is 5.32 Å². The number of carboxylic acid groups (broad SMARTS) is 1. The first kappa shape index (κ1) is 24.8. The van der Waals surface area contributed by atoms with Crippen LogP contribution >= 0.6 is 0 Å². The maximum Gasteiger partial charge on any atom is 0.407 e. The van der Waals surface area contributed by atoms with Gasteiger partial charge in [0.15, 0.2) is 0 Å². The number of hydrogen-bond donors (Lipinski definition) is 2. The lowest BCUT2D eigenvalue weighted by molar-refractivity contribution is -0.138. The zero-order valence-electron chi connectivity index (χ0n) is 20.2. The van der Waals surface area contributed by atoms with Gasteiger partial charge < -0.3 is 20.1 Å². The highest BCUT2D eigenvalue weighted by Gasteiger charge is 2.31. The second kappa shape index (κ2) is 11.4. The normalized spacial score (nSPS) is 17.5. The summed E-state index contributed by atoms with van der Waals surface area (Å²) in [5, 5.41) is 11.9. The van der Waals surface area contributed by atoms with E-state index in [-0.39, 0.29) is 43.2 Å². The van der Waals surface area contributed by atoms with Crippen LogP contribution in [-0.2, 0) is 14.3 Å². The van der Waals surface area contributed by atoms with Crippen molar-refractivity contribution in [1.29, 1.82) is 0 Å². The molecule has 7 nitrogen and oxygen atoms in total. The Morgan fingerprint density at radius 2 is 1.74 bits per heavy atom. The number of rotatable bonds is 10. The van der Waals surface area contributed by atoms with Crippen molar-refractivity contribution in [3.8, 4) is 11.1 Å². The summed E-state index contributed by atoms with van der Waals surface area (Å²) in [6.45, 7) is 3.35. The van der Waals surface area contributed by atoms with Crippen LogP contribution in [0.5, 0.6) is 0 Å².